The van der Waals surface area contributed by atoms with Crippen LogP contribution in [0, 0.1) is 20.8 Å². The number of aryl methyl sites for hydroxylation is 1. The molecule has 0 aliphatic carbocycles. The van der Waals surface area contributed by atoms with Crippen LogP contribution in [-0.2, 0) is 0 Å². The average Bonchev–Trinajstić information content (AvgIpc) is 2.95. The van der Waals surface area contributed by atoms with E-state index in [0.29, 0.717) is 5.92 Å². The van der Waals surface area contributed by atoms with Gasteiger partial charge in [-0.3, -0.25) is 5.10 Å². The van der Waals surface area contributed by atoms with Gasteiger partial charge >= 0.3 is 0 Å². The third-order valence-electron chi connectivity index (χ3n) is 4.76. The zero-order valence-electron chi connectivity index (χ0n) is 12.6. The van der Waals surface area contributed by atoms with Crippen molar-refractivity contribution in [2.75, 3.05) is 13.1 Å². The lowest BCUT2D eigenvalue weighted by molar-refractivity contribution is 0.453. The number of hydrogen-bond donors (Lipinski definition) is 2. The van der Waals surface area contributed by atoms with Gasteiger partial charge in [-0.05, 0) is 69.0 Å². The lowest BCUT2D eigenvalue weighted by Gasteiger charge is -2.23. The van der Waals surface area contributed by atoms with Gasteiger partial charge in [-0.1, -0.05) is 12.1 Å². The minimum absolute atomic E-state index is 0.606. The number of nitrogens with one attached hydrogen (secondary N) is 2. The molecule has 0 spiro atoms. The summed E-state index contributed by atoms with van der Waals surface area (Å²) in [6.07, 6.45) is 4.38. The van der Waals surface area contributed by atoms with Crippen LogP contribution in [0.5, 0.6) is 0 Å². The van der Waals surface area contributed by atoms with Crippen LogP contribution in [0.1, 0.15) is 41.1 Å². The Morgan fingerprint density at radius 1 is 1.00 bits per heavy atom. The van der Waals surface area contributed by atoms with Crippen molar-refractivity contribution in [3.05, 3.63) is 40.7 Å². The number of rotatable bonds is 2. The number of nitrogens with zero attached hydrogens (tertiary/aromatic N) is 1. The maximum Gasteiger partial charge on any atom is 0.0568 e. The maximum absolute atomic E-state index is 4.32. The highest BCUT2D eigenvalue weighted by Crippen LogP contribution is 2.35. The summed E-state index contributed by atoms with van der Waals surface area (Å²) in [6, 6.07) is 4.46. The van der Waals surface area contributed by atoms with E-state index in [1.165, 1.54) is 46.4 Å². The topological polar surface area (TPSA) is 40.7 Å². The van der Waals surface area contributed by atoms with Crippen LogP contribution in [0.3, 0.4) is 0 Å². The Kier molecular flexibility index (Phi) is 3.62. The number of benzene rings is 1. The van der Waals surface area contributed by atoms with Crippen molar-refractivity contribution >= 4 is 0 Å². The van der Waals surface area contributed by atoms with Gasteiger partial charge in [0, 0.05) is 17.2 Å². The van der Waals surface area contributed by atoms with E-state index >= 15 is 0 Å². The molecule has 1 fully saturated rings. The van der Waals surface area contributed by atoms with Crippen LogP contribution in [0.2, 0.25) is 0 Å². The van der Waals surface area contributed by atoms with E-state index in [4.69, 9.17) is 0 Å². The highest BCUT2D eigenvalue weighted by Gasteiger charge is 2.21. The molecule has 1 aromatic heterocycles. The fraction of sp³-hybridized carbons (Fsp3) is 0.471. The molecule has 1 aliphatic rings. The molecule has 0 atom stereocenters. The van der Waals surface area contributed by atoms with Gasteiger partial charge < -0.3 is 5.32 Å². The first-order valence-electron chi connectivity index (χ1n) is 7.49. The van der Waals surface area contributed by atoms with Crippen LogP contribution in [-0.4, -0.2) is 23.3 Å². The van der Waals surface area contributed by atoms with Gasteiger partial charge in [-0.2, -0.15) is 5.10 Å². The lowest BCUT2D eigenvalue weighted by atomic mass is 9.88. The van der Waals surface area contributed by atoms with E-state index in [1.807, 2.05) is 6.20 Å². The Balaban J connectivity index is 2.03. The second-order valence-corrected chi connectivity index (χ2v) is 5.90. The first kappa shape index (κ1) is 13.4. The molecule has 3 rings (SSSR count). The first-order chi connectivity index (χ1) is 9.68. The number of hydrogen-bond acceptors (Lipinski definition) is 2. The second kappa shape index (κ2) is 5.41. The summed E-state index contributed by atoms with van der Waals surface area (Å²) >= 11 is 0. The van der Waals surface area contributed by atoms with E-state index in [0.717, 1.165) is 13.1 Å². The highest BCUT2D eigenvalue weighted by atomic mass is 15.1. The average molecular weight is 269 g/mol. The Bertz CT molecular complexity index is 607. The van der Waals surface area contributed by atoms with E-state index < -0.39 is 0 Å². The molecule has 2 aromatic rings. The number of piperidine rings is 1. The van der Waals surface area contributed by atoms with Gasteiger partial charge in [0.1, 0.15) is 0 Å². The Labute approximate surface area is 120 Å². The largest absolute Gasteiger partial charge is 0.317 e. The standard InChI is InChI=1S/C17H23N3/c1-11-4-5-15(13(3)12(11)2)16-10-19-20-17(16)14-6-8-18-9-7-14/h4-5,10,14,18H,6-9H2,1-3H3,(H,19,20). The van der Waals surface area contributed by atoms with Crippen molar-refractivity contribution in [2.24, 2.45) is 0 Å². The number of aromatic amines is 1. The zero-order valence-corrected chi connectivity index (χ0v) is 12.6. The Morgan fingerprint density at radius 3 is 2.50 bits per heavy atom. The van der Waals surface area contributed by atoms with Gasteiger partial charge in [0.2, 0.25) is 0 Å². The fourth-order valence-electron chi connectivity index (χ4n) is 3.18. The Morgan fingerprint density at radius 2 is 1.75 bits per heavy atom. The highest BCUT2D eigenvalue weighted by molar-refractivity contribution is 5.71. The van der Waals surface area contributed by atoms with E-state index in [2.05, 4.69) is 48.4 Å². The molecule has 0 saturated carbocycles. The maximum atomic E-state index is 4.32. The predicted molar refractivity (Wildman–Crippen MR) is 83.1 cm³/mol. The smallest absolute Gasteiger partial charge is 0.0568 e. The van der Waals surface area contributed by atoms with Gasteiger partial charge in [-0.15, -0.1) is 0 Å². The SMILES string of the molecule is Cc1ccc(-c2cn[nH]c2C2CCNCC2)c(C)c1C. The van der Waals surface area contributed by atoms with Gasteiger partial charge in [0.05, 0.1) is 6.20 Å². The van der Waals surface area contributed by atoms with Crippen LogP contribution in [0.4, 0.5) is 0 Å². The van der Waals surface area contributed by atoms with Gasteiger partial charge in [-0.25, -0.2) is 0 Å². The molecule has 1 aliphatic heterocycles. The molecule has 0 amide bonds. The minimum atomic E-state index is 0.606. The molecule has 2 heterocycles. The molecular formula is C17H23N3. The molecule has 106 valence electrons. The van der Waals surface area contributed by atoms with Crippen molar-refractivity contribution in [2.45, 2.75) is 39.5 Å². The molecule has 2 N–H and O–H groups in total. The van der Waals surface area contributed by atoms with Crippen molar-refractivity contribution in [3.63, 3.8) is 0 Å². The van der Waals surface area contributed by atoms with Crippen molar-refractivity contribution < 1.29 is 0 Å². The zero-order chi connectivity index (χ0) is 14.1. The predicted octanol–water partition coefficient (Wildman–Crippen LogP) is 3.47. The fourth-order valence-corrected chi connectivity index (χ4v) is 3.18. The first-order valence-corrected chi connectivity index (χ1v) is 7.49. The summed E-state index contributed by atoms with van der Waals surface area (Å²) in [5.41, 5.74) is 8.06. The summed E-state index contributed by atoms with van der Waals surface area (Å²) in [5.74, 6) is 0.606. The molecule has 1 aromatic carbocycles. The summed E-state index contributed by atoms with van der Waals surface area (Å²) < 4.78 is 0. The molecule has 0 radical (unpaired) electrons. The minimum Gasteiger partial charge on any atom is -0.317 e. The van der Waals surface area contributed by atoms with Crippen LogP contribution in [0.15, 0.2) is 18.3 Å². The van der Waals surface area contributed by atoms with E-state index in [1.54, 1.807) is 0 Å². The van der Waals surface area contributed by atoms with Crippen molar-refractivity contribution in [1.29, 1.82) is 0 Å². The van der Waals surface area contributed by atoms with Crippen LogP contribution >= 0.6 is 0 Å². The normalized spacial score (nSPS) is 16.6. The quantitative estimate of drug-likeness (QED) is 0.876. The van der Waals surface area contributed by atoms with Crippen LogP contribution in [0.25, 0.3) is 11.1 Å². The summed E-state index contributed by atoms with van der Waals surface area (Å²) in [7, 11) is 0. The molecule has 0 unspecified atom stereocenters. The molecule has 20 heavy (non-hydrogen) atoms. The third kappa shape index (κ3) is 2.27. The molecular weight excluding hydrogens is 246 g/mol. The summed E-state index contributed by atoms with van der Waals surface area (Å²) in [4.78, 5) is 0. The summed E-state index contributed by atoms with van der Waals surface area (Å²) in [6.45, 7) is 8.81. The third-order valence-corrected chi connectivity index (χ3v) is 4.76. The van der Waals surface area contributed by atoms with E-state index in [9.17, 15) is 0 Å². The molecule has 3 heteroatoms. The molecule has 1 saturated heterocycles. The monoisotopic (exact) mass is 269 g/mol. The number of H-pyrrole nitrogens is 1. The van der Waals surface area contributed by atoms with Crippen molar-refractivity contribution in [3.8, 4) is 11.1 Å². The van der Waals surface area contributed by atoms with Crippen molar-refractivity contribution in [1.82, 2.24) is 15.5 Å². The second-order valence-electron chi connectivity index (χ2n) is 5.90. The number of aromatic nitrogens is 2. The molecule has 3 nitrogen and oxygen atoms in total. The lowest BCUT2D eigenvalue weighted by Crippen LogP contribution is -2.27. The Hall–Kier alpha value is -1.61. The van der Waals surface area contributed by atoms with Crippen LogP contribution < -0.4 is 5.32 Å². The van der Waals surface area contributed by atoms with Gasteiger partial charge in [0.25, 0.3) is 0 Å². The summed E-state index contributed by atoms with van der Waals surface area (Å²) in [5, 5.41) is 11.0. The molecule has 0 bridgehead atoms. The van der Waals surface area contributed by atoms with E-state index in [-0.39, 0.29) is 0 Å². The van der Waals surface area contributed by atoms with Gasteiger partial charge in [0.15, 0.2) is 0 Å².